The molecule has 0 radical (unpaired) electrons. The van der Waals surface area contributed by atoms with E-state index in [0.29, 0.717) is 17.3 Å². The van der Waals surface area contributed by atoms with Crippen molar-refractivity contribution in [3.05, 3.63) is 36.0 Å². The fourth-order valence-corrected chi connectivity index (χ4v) is 3.15. The maximum Gasteiger partial charge on any atom is 0.0456 e. The molecule has 1 aliphatic rings. The molecule has 0 amide bonds. The summed E-state index contributed by atoms with van der Waals surface area (Å²) in [6.07, 6.45) is 2.16. The Morgan fingerprint density at radius 2 is 2.06 bits per heavy atom. The predicted molar refractivity (Wildman–Crippen MR) is 67.4 cm³/mol. The summed E-state index contributed by atoms with van der Waals surface area (Å²) < 4.78 is 0. The monoisotopic (exact) mass is 214 g/mol. The first-order valence-corrected chi connectivity index (χ1v) is 5.92. The van der Waals surface area contributed by atoms with Crippen LogP contribution in [0.15, 0.2) is 30.5 Å². The zero-order chi connectivity index (χ0) is 11.3. The lowest BCUT2D eigenvalue weighted by Gasteiger charge is -2.01. The van der Waals surface area contributed by atoms with E-state index in [0.717, 1.165) is 6.54 Å². The first-order chi connectivity index (χ1) is 7.66. The molecular weight excluding hydrogens is 196 g/mol. The largest absolute Gasteiger partial charge is 0.361 e. The van der Waals surface area contributed by atoms with Crippen molar-refractivity contribution >= 4 is 10.9 Å². The normalized spacial score (nSPS) is 27.2. The molecule has 1 aliphatic carbocycles. The molecule has 1 aromatic heterocycles. The van der Waals surface area contributed by atoms with Gasteiger partial charge in [-0.1, -0.05) is 32.0 Å². The van der Waals surface area contributed by atoms with E-state index in [2.05, 4.69) is 49.3 Å². The Labute approximate surface area is 95.8 Å². The molecule has 0 bridgehead atoms. The average molecular weight is 214 g/mol. The second-order valence-electron chi connectivity index (χ2n) is 5.43. The minimum atomic E-state index is 0.361. The third kappa shape index (κ3) is 1.17. The number of hydrogen-bond acceptors (Lipinski definition) is 1. The quantitative estimate of drug-likeness (QED) is 0.793. The highest BCUT2D eigenvalue weighted by Crippen LogP contribution is 2.64. The van der Waals surface area contributed by atoms with Crippen LogP contribution in [0.3, 0.4) is 0 Å². The molecule has 0 aliphatic heterocycles. The number of aromatic amines is 1. The van der Waals surface area contributed by atoms with Crippen LogP contribution in [0, 0.1) is 11.3 Å². The van der Waals surface area contributed by atoms with Crippen molar-refractivity contribution in [2.75, 3.05) is 6.54 Å². The third-order valence-corrected chi connectivity index (χ3v) is 4.26. The Balaban J connectivity index is 2.08. The summed E-state index contributed by atoms with van der Waals surface area (Å²) in [6, 6.07) is 8.50. The Hall–Kier alpha value is -1.28. The van der Waals surface area contributed by atoms with Gasteiger partial charge in [-0.2, -0.15) is 0 Å². The highest BCUT2D eigenvalue weighted by Gasteiger charge is 2.57. The molecule has 1 heterocycles. The van der Waals surface area contributed by atoms with Crippen molar-refractivity contribution in [2.24, 2.45) is 17.1 Å². The number of hydrogen-bond donors (Lipinski definition) is 2. The summed E-state index contributed by atoms with van der Waals surface area (Å²) in [5.41, 5.74) is 8.87. The first kappa shape index (κ1) is 9.91. The molecule has 0 unspecified atom stereocenters. The van der Waals surface area contributed by atoms with E-state index in [-0.39, 0.29) is 0 Å². The second kappa shape index (κ2) is 3.11. The maximum absolute atomic E-state index is 5.84. The Bertz CT molecular complexity index is 524. The number of nitrogens with two attached hydrogens (primary N) is 1. The van der Waals surface area contributed by atoms with Gasteiger partial charge in [0, 0.05) is 17.1 Å². The summed E-state index contributed by atoms with van der Waals surface area (Å²) in [5.74, 6) is 1.25. The van der Waals surface area contributed by atoms with E-state index in [9.17, 15) is 0 Å². The van der Waals surface area contributed by atoms with Crippen molar-refractivity contribution in [1.29, 1.82) is 0 Å². The van der Waals surface area contributed by atoms with Gasteiger partial charge in [-0.05, 0) is 35.4 Å². The summed E-state index contributed by atoms with van der Waals surface area (Å²) in [6.45, 7) is 5.42. The lowest BCUT2D eigenvalue weighted by Crippen LogP contribution is -2.05. The molecule has 1 aromatic carbocycles. The van der Waals surface area contributed by atoms with Gasteiger partial charge in [0.05, 0.1) is 0 Å². The summed E-state index contributed by atoms with van der Waals surface area (Å²) >= 11 is 0. The SMILES string of the molecule is CC1(C)[C@H](CN)[C@H]1c1c[nH]c2ccccc12. The molecule has 84 valence electrons. The maximum atomic E-state index is 5.84. The van der Waals surface area contributed by atoms with Crippen LogP contribution in [0.25, 0.3) is 10.9 Å². The Kier molecular flexibility index (Phi) is 1.93. The van der Waals surface area contributed by atoms with Gasteiger partial charge in [0.2, 0.25) is 0 Å². The molecule has 16 heavy (non-hydrogen) atoms. The molecule has 2 nitrogen and oxygen atoms in total. The van der Waals surface area contributed by atoms with Crippen LogP contribution in [-0.2, 0) is 0 Å². The van der Waals surface area contributed by atoms with Crippen molar-refractivity contribution in [3.8, 4) is 0 Å². The van der Waals surface area contributed by atoms with Gasteiger partial charge in [0.25, 0.3) is 0 Å². The number of aromatic nitrogens is 1. The van der Waals surface area contributed by atoms with E-state index < -0.39 is 0 Å². The lowest BCUT2D eigenvalue weighted by molar-refractivity contribution is 0.559. The molecule has 2 heteroatoms. The smallest absolute Gasteiger partial charge is 0.0456 e. The number of rotatable bonds is 2. The van der Waals surface area contributed by atoms with Gasteiger partial charge in [-0.25, -0.2) is 0 Å². The van der Waals surface area contributed by atoms with Gasteiger partial charge in [-0.15, -0.1) is 0 Å². The fourth-order valence-electron chi connectivity index (χ4n) is 3.15. The standard InChI is InChI=1S/C14H18N2/c1-14(2)11(7-15)13(14)10-8-16-12-6-4-3-5-9(10)12/h3-6,8,11,13,16H,7,15H2,1-2H3/t11-,13-/m1/s1. The fraction of sp³-hybridized carbons (Fsp3) is 0.429. The van der Waals surface area contributed by atoms with Gasteiger partial charge >= 0.3 is 0 Å². The van der Waals surface area contributed by atoms with Crippen LogP contribution < -0.4 is 5.73 Å². The van der Waals surface area contributed by atoms with Crippen LogP contribution in [0.4, 0.5) is 0 Å². The molecule has 1 saturated carbocycles. The number of H-pyrrole nitrogens is 1. The molecule has 3 rings (SSSR count). The van der Waals surface area contributed by atoms with Crippen molar-refractivity contribution in [2.45, 2.75) is 19.8 Å². The average Bonchev–Trinajstić information content (AvgIpc) is 2.66. The first-order valence-electron chi connectivity index (χ1n) is 5.92. The summed E-state index contributed by atoms with van der Waals surface area (Å²) in [4.78, 5) is 3.35. The summed E-state index contributed by atoms with van der Waals surface area (Å²) in [5, 5.41) is 1.36. The van der Waals surface area contributed by atoms with Crippen LogP contribution in [-0.4, -0.2) is 11.5 Å². The van der Waals surface area contributed by atoms with E-state index in [1.165, 1.54) is 16.5 Å². The number of para-hydroxylation sites is 1. The number of nitrogens with one attached hydrogen (secondary N) is 1. The van der Waals surface area contributed by atoms with Gasteiger partial charge in [-0.3, -0.25) is 0 Å². The highest BCUT2D eigenvalue weighted by molar-refractivity contribution is 5.84. The number of fused-ring (bicyclic) bond motifs is 1. The molecule has 2 atom stereocenters. The minimum absolute atomic E-state index is 0.361. The Morgan fingerprint density at radius 1 is 1.31 bits per heavy atom. The zero-order valence-electron chi connectivity index (χ0n) is 9.83. The van der Waals surface area contributed by atoms with E-state index in [4.69, 9.17) is 5.73 Å². The third-order valence-electron chi connectivity index (χ3n) is 4.26. The topological polar surface area (TPSA) is 41.8 Å². The highest BCUT2D eigenvalue weighted by atomic mass is 14.7. The van der Waals surface area contributed by atoms with Crippen molar-refractivity contribution < 1.29 is 0 Å². The van der Waals surface area contributed by atoms with Crippen LogP contribution in [0.5, 0.6) is 0 Å². The predicted octanol–water partition coefficient (Wildman–Crippen LogP) is 2.87. The minimum Gasteiger partial charge on any atom is -0.361 e. The second-order valence-corrected chi connectivity index (χ2v) is 5.43. The van der Waals surface area contributed by atoms with Gasteiger partial charge in [0.1, 0.15) is 0 Å². The van der Waals surface area contributed by atoms with E-state index in [1.54, 1.807) is 0 Å². The van der Waals surface area contributed by atoms with Crippen molar-refractivity contribution in [3.63, 3.8) is 0 Å². The molecule has 2 aromatic rings. The summed E-state index contributed by atoms with van der Waals surface area (Å²) in [7, 11) is 0. The van der Waals surface area contributed by atoms with Crippen LogP contribution in [0.1, 0.15) is 25.3 Å². The molecule has 0 spiro atoms. The lowest BCUT2D eigenvalue weighted by atomic mass is 10.0. The molecule has 0 saturated heterocycles. The van der Waals surface area contributed by atoms with Gasteiger partial charge in [0.15, 0.2) is 0 Å². The molecule has 1 fully saturated rings. The zero-order valence-corrected chi connectivity index (χ0v) is 9.83. The van der Waals surface area contributed by atoms with Crippen LogP contribution >= 0.6 is 0 Å². The van der Waals surface area contributed by atoms with Crippen molar-refractivity contribution in [1.82, 2.24) is 4.98 Å². The van der Waals surface area contributed by atoms with Crippen LogP contribution in [0.2, 0.25) is 0 Å². The number of benzene rings is 1. The van der Waals surface area contributed by atoms with E-state index >= 15 is 0 Å². The molecular formula is C14H18N2. The van der Waals surface area contributed by atoms with E-state index in [1.807, 2.05) is 0 Å². The molecule has 3 N–H and O–H groups in total. The Morgan fingerprint density at radius 3 is 2.75 bits per heavy atom. The van der Waals surface area contributed by atoms with Gasteiger partial charge < -0.3 is 10.7 Å².